The van der Waals surface area contributed by atoms with E-state index in [0.29, 0.717) is 38.9 Å². The smallest absolute Gasteiger partial charge is 0.222 e. The predicted octanol–water partition coefficient (Wildman–Crippen LogP) is 1.41. The molecular formula is C18H24N4O3. The average molecular weight is 344 g/mol. The Morgan fingerprint density at radius 2 is 2.24 bits per heavy atom. The summed E-state index contributed by atoms with van der Waals surface area (Å²) < 4.78 is 7.49. The van der Waals surface area contributed by atoms with Crippen LogP contribution in [0.5, 0.6) is 5.75 Å². The lowest BCUT2D eigenvalue weighted by Crippen LogP contribution is -2.40. The first kappa shape index (κ1) is 17.4. The van der Waals surface area contributed by atoms with E-state index in [2.05, 4.69) is 10.1 Å². The van der Waals surface area contributed by atoms with Crippen LogP contribution in [0, 0.1) is 6.92 Å². The number of benzene rings is 1. The van der Waals surface area contributed by atoms with Gasteiger partial charge in [-0.1, -0.05) is 18.2 Å². The molecule has 1 aromatic heterocycles. The lowest BCUT2D eigenvalue weighted by molar-refractivity contribution is -0.131. The number of likely N-dealkylation sites (tertiary alicyclic amines) is 1. The fraction of sp³-hybridized carbons (Fsp3) is 0.500. The molecule has 1 fully saturated rings. The molecule has 2 heterocycles. The normalized spacial score (nSPS) is 20.0. The number of aliphatic hydroxyl groups is 1. The fourth-order valence-electron chi connectivity index (χ4n) is 3.02. The average Bonchev–Trinajstić information content (AvgIpc) is 3.24. The Bertz CT molecular complexity index is 704. The van der Waals surface area contributed by atoms with Crippen molar-refractivity contribution in [3.63, 3.8) is 0 Å². The van der Waals surface area contributed by atoms with E-state index in [9.17, 15) is 9.90 Å². The summed E-state index contributed by atoms with van der Waals surface area (Å²) in [6.07, 6.45) is 4.80. The van der Waals surface area contributed by atoms with Crippen LogP contribution in [0.25, 0.3) is 0 Å². The van der Waals surface area contributed by atoms with Gasteiger partial charge in [-0.2, -0.15) is 5.10 Å². The minimum absolute atomic E-state index is 0.0620. The molecule has 7 nitrogen and oxygen atoms in total. The summed E-state index contributed by atoms with van der Waals surface area (Å²) in [5.74, 6) is 0.834. The number of hydrogen-bond acceptors (Lipinski definition) is 5. The van der Waals surface area contributed by atoms with Crippen LogP contribution >= 0.6 is 0 Å². The van der Waals surface area contributed by atoms with Gasteiger partial charge >= 0.3 is 0 Å². The van der Waals surface area contributed by atoms with Crippen molar-refractivity contribution in [3.05, 3.63) is 42.5 Å². The first-order chi connectivity index (χ1) is 12.1. The second-order valence-electron chi connectivity index (χ2n) is 6.61. The molecule has 134 valence electrons. The number of para-hydroxylation sites is 1. The van der Waals surface area contributed by atoms with Crippen molar-refractivity contribution in [3.8, 4) is 5.75 Å². The molecule has 0 saturated carbocycles. The largest absolute Gasteiger partial charge is 0.490 e. The van der Waals surface area contributed by atoms with Gasteiger partial charge in [-0.3, -0.25) is 9.48 Å². The number of carbonyl (C=O) groups excluding carboxylic acids is 1. The molecular weight excluding hydrogens is 320 g/mol. The number of aryl methyl sites for hydroxylation is 2. The van der Waals surface area contributed by atoms with Gasteiger partial charge in [-0.05, 0) is 31.4 Å². The van der Waals surface area contributed by atoms with E-state index >= 15 is 0 Å². The zero-order chi connectivity index (χ0) is 17.7. The highest BCUT2D eigenvalue weighted by molar-refractivity contribution is 5.76. The topological polar surface area (TPSA) is 80.5 Å². The number of amides is 1. The molecule has 0 aliphatic carbocycles. The molecule has 3 rings (SSSR count). The molecule has 1 saturated heterocycles. The Morgan fingerprint density at radius 1 is 1.40 bits per heavy atom. The highest BCUT2D eigenvalue weighted by atomic mass is 16.5. The fourth-order valence-corrected chi connectivity index (χ4v) is 3.02. The number of β-amino-alcohol motifs (C(OH)–C–C–N with tert-alkyl or cyclic N) is 1. The first-order valence-electron chi connectivity index (χ1n) is 8.57. The summed E-state index contributed by atoms with van der Waals surface area (Å²) >= 11 is 0. The van der Waals surface area contributed by atoms with Crippen LogP contribution in [-0.2, 0) is 11.3 Å². The maximum absolute atomic E-state index is 12.3. The van der Waals surface area contributed by atoms with Gasteiger partial charge < -0.3 is 14.7 Å². The van der Waals surface area contributed by atoms with Crippen molar-refractivity contribution in [1.29, 1.82) is 0 Å². The second kappa shape index (κ2) is 7.65. The third-order valence-corrected chi connectivity index (χ3v) is 4.52. The Labute approximate surface area is 147 Å². The summed E-state index contributed by atoms with van der Waals surface area (Å²) in [6.45, 7) is 3.72. The van der Waals surface area contributed by atoms with Crippen LogP contribution in [0.4, 0.5) is 0 Å². The van der Waals surface area contributed by atoms with Gasteiger partial charge in [0.2, 0.25) is 5.91 Å². The van der Waals surface area contributed by atoms with E-state index in [1.54, 1.807) is 15.9 Å². The Kier molecular flexibility index (Phi) is 5.33. The maximum atomic E-state index is 12.3. The highest BCUT2D eigenvalue weighted by Crippen LogP contribution is 2.25. The Morgan fingerprint density at radius 3 is 3.00 bits per heavy atom. The molecule has 0 radical (unpaired) electrons. The molecule has 1 atom stereocenters. The standard InChI is InChI=1S/C18H24N4O3/c1-15-5-2-3-6-16(15)25-12-18(24)8-10-21(11-18)17(23)7-4-9-22-14-19-13-20-22/h2-3,5-6,13-14,24H,4,7-12H2,1H3. The number of hydrogen-bond donors (Lipinski definition) is 1. The third kappa shape index (κ3) is 4.57. The number of rotatable bonds is 7. The van der Waals surface area contributed by atoms with E-state index in [4.69, 9.17) is 4.74 Å². The lowest BCUT2D eigenvalue weighted by Gasteiger charge is -2.24. The van der Waals surface area contributed by atoms with E-state index in [1.807, 2.05) is 31.2 Å². The van der Waals surface area contributed by atoms with Gasteiger partial charge in [0.15, 0.2) is 0 Å². The molecule has 1 N–H and O–H groups in total. The first-order valence-corrected chi connectivity index (χ1v) is 8.57. The predicted molar refractivity (Wildman–Crippen MR) is 92.1 cm³/mol. The van der Waals surface area contributed by atoms with Gasteiger partial charge in [0.1, 0.15) is 30.6 Å². The van der Waals surface area contributed by atoms with Crippen molar-refractivity contribution in [2.24, 2.45) is 0 Å². The van der Waals surface area contributed by atoms with Crippen LogP contribution in [0.3, 0.4) is 0 Å². The summed E-state index contributed by atoms with van der Waals surface area (Å²) in [6, 6.07) is 7.72. The summed E-state index contributed by atoms with van der Waals surface area (Å²) in [5, 5.41) is 14.7. The SMILES string of the molecule is Cc1ccccc1OCC1(O)CCN(C(=O)CCCn2cncn2)C1. The zero-order valence-corrected chi connectivity index (χ0v) is 14.5. The molecule has 1 amide bonds. The highest BCUT2D eigenvalue weighted by Gasteiger charge is 2.38. The van der Waals surface area contributed by atoms with E-state index in [0.717, 1.165) is 11.3 Å². The molecule has 1 aliphatic rings. The molecule has 1 aromatic carbocycles. The molecule has 0 spiro atoms. The molecule has 7 heteroatoms. The molecule has 2 aromatic rings. The van der Waals surface area contributed by atoms with Gasteiger partial charge in [0.25, 0.3) is 0 Å². The molecule has 1 unspecified atom stereocenters. The quantitative estimate of drug-likeness (QED) is 0.821. The number of carbonyl (C=O) groups is 1. The Balaban J connectivity index is 1.45. The van der Waals surface area contributed by atoms with E-state index in [1.165, 1.54) is 6.33 Å². The molecule has 0 bridgehead atoms. The summed E-state index contributed by atoms with van der Waals surface area (Å²) in [7, 11) is 0. The van der Waals surface area contributed by atoms with Crippen LogP contribution in [0.1, 0.15) is 24.8 Å². The van der Waals surface area contributed by atoms with Crippen molar-refractivity contribution in [2.75, 3.05) is 19.7 Å². The van der Waals surface area contributed by atoms with E-state index < -0.39 is 5.60 Å². The zero-order valence-electron chi connectivity index (χ0n) is 14.5. The van der Waals surface area contributed by atoms with Crippen molar-refractivity contribution < 1.29 is 14.6 Å². The third-order valence-electron chi connectivity index (χ3n) is 4.52. The Hall–Kier alpha value is -2.41. The van der Waals surface area contributed by atoms with Gasteiger partial charge in [0, 0.05) is 19.5 Å². The molecule has 1 aliphatic heterocycles. The van der Waals surface area contributed by atoms with Crippen LogP contribution in [0.2, 0.25) is 0 Å². The maximum Gasteiger partial charge on any atom is 0.222 e. The monoisotopic (exact) mass is 344 g/mol. The van der Waals surface area contributed by atoms with Crippen LogP contribution in [0.15, 0.2) is 36.9 Å². The van der Waals surface area contributed by atoms with Gasteiger partial charge in [-0.15, -0.1) is 0 Å². The van der Waals surface area contributed by atoms with Crippen molar-refractivity contribution in [2.45, 2.75) is 38.3 Å². The lowest BCUT2D eigenvalue weighted by atomic mass is 10.1. The van der Waals surface area contributed by atoms with Crippen LogP contribution < -0.4 is 4.74 Å². The van der Waals surface area contributed by atoms with Crippen LogP contribution in [-0.4, -0.2) is 56.0 Å². The van der Waals surface area contributed by atoms with E-state index in [-0.39, 0.29) is 12.5 Å². The second-order valence-corrected chi connectivity index (χ2v) is 6.61. The van der Waals surface area contributed by atoms with Crippen molar-refractivity contribution in [1.82, 2.24) is 19.7 Å². The number of nitrogens with zero attached hydrogens (tertiary/aromatic N) is 4. The number of ether oxygens (including phenoxy) is 1. The van der Waals surface area contributed by atoms with Gasteiger partial charge in [0.05, 0.1) is 6.54 Å². The molecule has 25 heavy (non-hydrogen) atoms. The summed E-state index contributed by atoms with van der Waals surface area (Å²) in [5.41, 5.74) is 0.0502. The van der Waals surface area contributed by atoms with Gasteiger partial charge in [-0.25, -0.2) is 4.98 Å². The van der Waals surface area contributed by atoms with Crippen molar-refractivity contribution >= 4 is 5.91 Å². The minimum atomic E-state index is -0.982. The minimum Gasteiger partial charge on any atom is -0.490 e. The summed E-state index contributed by atoms with van der Waals surface area (Å²) in [4.78, 5) is 17.9. The number of aromatic nitrogens is 3.